The number of benzene rings is 2. The fourth-order valence-electron chi connectivity index (χ4n) is 2.30. The van der Waals surface area contributed by atoms with E-state index in [0.29, 0.717) is 0 Å². The normalized spacial score (nSPS) is 11.5. The van der Waals surface area contributed by atoms with E-state index in [2.05, 4.69) is 92.1 Å². The van der Waals surface area contributed by atoms with Crippen molar-refractivity contribution >= 4 is 13.5 Å². The lowest BCUT2D eigenvalue weighted by molar-refractivity contribution is 0.584. The summed E-state index contributed by atoms with van der Waals surface area (Å²) in [5.41, 5.74) is 2.62. The molecule has 19 heavy (non-hydrogen) atoms. The molecule has 0 aliphatic carbocycles. The second-order valence-electron chi connectivity index (χ2n) is 4.87. The zero-order valence-corrected chi connectivity index (χ0v) is 12.9. The van der Waals surface area contributed by atoms with Gasteiger partial charge < -0.3 is 0 Å². The van der Waals surface area contributed by atoms with Gasteiger partial charge in [-0.3, -0.25) is 9.34 Å². The van der Waals surface area contributed by atoms with Crippen molar-refractivity contribution in [3.63, 3.8) is 0 Å². The topological polar surface area (TPSA) is 6.48 Å². The first-order valence-corrected chi connectivity index (χ1v) is 7.65. The molecule has 2 aromatic carbocycles. The summed E-state index contributed by atoms with van der Waals surface area (Å²) >= 11 is 0. The van der Waals surface area contributed by atoms with Gasteiger partial charge in [0.2, 0.25) is 0 Å². The third kappa shape index (κ3) is 3.22. The zero-order chi connectivity index (χ0) is 13.8. The molecule has 2 rings (SSSR count). The molecule has 0 spiro atoms. The van der Waals surface area contributed by atoms with Crippen LogP contribution in [0.1, 0.15) is 0 Å². The van der Waals surface area contributed by atoms with Crippen molar-refractivity contribution in [2.75, 3.05) is 28.2 Å². The van der Waals surface area contributed by atoms with Crippen molar-refractivity contribution in [3.8, 4) is 11.1 Å². The summed E-state index contributed by atoms with van der Waals surface area (Å²) in [6, 6.07) is 19.3. The molecule has 0 heterocycles. The van der Waals surface area contributed by atoms with Crippen LogP contribution in [0.5, 0.6) is 0 Å². The molecule has 2 nitrogen and oxygen atoms in total. The first kappa shape index (κ1) is 14.2. The molecule has 2 aromatic rings. The summed E-state index contributed by atoms with van der Waals surface area (Å²) < 4.78 is 4.61. The van der Waals surface area contributed by atoms with Gasteiger partial charge in [-0.05, 0) is 39.3 Å². The molecule has 0 aliphatic rings. The summed E-state index contributed by atoms with van der Waals surface area (Å²) in [6.45, 7) is 0. The van der Waals surface area contributed by atoms with Gasteiger partial charge >= 0.3 is 0 Å². The Morgan fingerprint density at radius 2 is 1.21 bits per heavy atom. The molecule has 0 atom stereocenters. The van der Waals surface area contributed by atoms with Crippen LogP contribution in [0.3, 0.4) is 0 Å². The number of rotatable bonds is 4. The maximum Gasteiger partial charge on any atom is 0.0720 e. The van der Waals surface area contributed by atoms with Crippen LogP contribution in [0.15, 0.2) is 54.6 Å². The van der Waals surface area contributed by atoms with Gasteiger partial charge in [0.05, 0.1) is 8.22 Å². The second-order valence-corrected chi connectivity index (χ2v) is 7.53. The van der Waals surface area contributed by atoms with Gasteiger partial charge in [-0.25, -0.2) is 0 Å². The molecule has 0 saturated carbocycles. The van der Waals surface area contributed by atoms with Gasteiger partial charge in [-0.15, -0.1) is 0 Å². The molecule has 0 aliphatic heterocycles. The van der Waals surface area contributed by atoms with E-state index in [1.54, 1.807) is 0 Å². The zero-order valence-electron chi connectivity index (χ0n) is 12.0. The highest BCUT2D eigenvalue weighted by Gasteiger charge is 2.20. The van der Waals surface area contributed by atoms with Crippen molar-refractivity contribution in [2.45, 2.75) is 0 Å². The second kappa shape index (κ2) is 6.29. The van der Waals surface area contributed by atoms with Gasteiger partial charge in [-0.1, -0.05) is 54.6 Å². The van der Waals surface area contributed by atoms with Gasteiger partial charge in [0.1, 0.15) is 0 Å². The molecular formula is C16H21N2P. The molecular weight excluding hydrogens is 251 g/mol. The first-order chi connectivity index (χ1) is 9.11. The highest BCUT2D eigenvalue weighted by atomic mass is 31.1. The highest BCUT2D eigenvalue weighted by molar-refractivity contribution is 7.61. The standard InChI is InChI=1S/C16H21N2P/c1-17(2)19(18(3)4)16-13-9-8-12-15(16)14-10-6-5-7-11-14/h5-13H,1-4H3. The van der Waals surface area contributed by atoms with Crippen LogP contribution in [0.2, 0.25) is 0 Å². The smallest absolute Gasteiger partial charge is 0.0720 e. The van der Waals surface area contributed by atoms with Crippen molar-refractivity contribution < 1.29 is 0 Å². The van der Waals surface area contributed by atoms with Crippen LogP contribution in [0, 0.1) is 0 Å². The molecule has 0 bridgehead atoms. The minimum Gasteiger partial charge on any atom is -0.272 e. The highest BCUT2D eigenvalue weighted by Crippen LogP contribution is 2.41. The van der Waals surface area contributed by atoms with Crippen molar-refractivity contribution in [2.24, 2.45) is 0 Å². The Morgan fingerprint density at radius 1 is 0.684 bits per heavy atom. The predicted octanol–water partition coefficient (Wildman–Crippen LogP) is 3.41. The largest absolute Gasteiger partial charge is 0.272 e. The third-order valence-electron chi connectivity index (χ3n) is 2.96. The lowest BCUT2D eigenvalue weighted by Gasteiger charge is -2.31. The summed E-state index contributed by atoms with van der Waals surface area (Å²) in [5, 5.41) is 1.40. The summed E-state index contributed by atoms with van der Waals surface area (Å²) in [6.07, 6.45) is 0. The number of hydrogen-bond acceptors (Lipinski definition) is 2. The average Bonchev–Trinajstić information content (AvgIpc) is 2.39. The Balaban J connectivity index is 2.52. The molecule has 0 radical (unpaired) electrons. The maximum atomic E-state index is 2.30. The van der Waals surface area contributed by atoms with Crippen LogP contribution >= 0.6 is 8.22 Å². The Bertz CT molecular complexity index is 515. The van der Waals surface area contributed by atoms with E-state index in [4.69, 9.17) is 0 Å². The Morgan fingerprint density at radius 3 is 1.79 bits per heavy atom. The minimum atomic E-state index is -0.452. The van der Waals surface area contributed by atoms with Gasteiger partial charge in [-0.2, -0.15) is 0 Å². The van der Waals surface area contributed by atoms with Crippen molar-refractivity contribution in [3.05, 3.63) is 54.6 Å². The van der Waals surface area contributed by atoms with Crippen LogP contribution in [0.4, 0.5) is 0 Å². The molecule has 0 saturated heterocycles. The van der Waals surface area contributed by atoms with E-state index in [1.165, 1.54) is 16.4 Å². The third-order valence-corrected chi connectivity index (χ3v) is 5.30. The lowest BCUT2D eigenvalue weighted by atomic mass is 10.1. The number of nitrogens with zero attached hydrogens (tertiary/aromatic N) is 2. The van der Waals surface area contributed by atoms with Crippen LogP contribution in [0.25, 0.3) is 11.1 Å². The Kier molecular flexibility index (Phi) is 4.71. The summed E-state index contributed by atoms with van der Waals surface area (Å²) in [4.78, 5) is 0. The predicted molar refractivity (Wildman–Crippen MR) is 85.8 cm³/mol. The van der Waals surface area contributed by atoms with Gasteiger partial charge in [0.25, 0.3) is 0 Å². The summed E-state index contributed by atoms with van der Waals surface area (Å²) in [7, 11) is 8.13. The van der Waals surface area contributed by atoms with Crippen LogP contribution in [-0.4, -0.2) is 37.5 Å². The number of hydrogen-bond donors (Lipinski definition) is 0. The van der Waals surface area contributed by atoms with Gasteiger partial charge in [0.15, 0.2) is 0 Å². The monoisotopic (exact) mass is 272 g/mol. The Labute approximate surface area is 117 Å². The Hall–Kier alpha value is -1.21. The van der Waals surface area contributed by atoms with Gasteiger partial charge in [0, 0.05) is 5.30 Å². The van der Waals surface area contributed by atoms with E-state index in [0.717, 1.165) is 0 Å². The van der Waals surface area contributed by atoms with E-state index < -0.39 is 8.22 Å². The SMILES string of the molecule is CN(C)P(c1ccccc1-c1ccccc1)N(C)C. The molecule has 0 amide bonds. The molecule has 0 aromatic heterocycles. The fraction of sp³-hybridized carbons (Fsp3) is 0.250. The van der Waals surface area contributed by atoms with E-state index in [-0.39, 0.29) is 0 Å². The fourth-order valence-corrected chi connectivity index (χ4v) is 4.51. The quantitative estimate of drug-likeness (QED) is 0.787. The van der Waals surface area contributed by atoms with Crippen LogP contribution in [-0.2, 0) is 0 Å². The first-order valence-electron chi connectivity index (χ1n) is 6.40. The van der Waals surface area contributed by atoms with Crippen molar-refractivity contribution in [1.29, 1.82) is 0 Å². The summed E-state index contributed by atoms with van der Waals surface area (Å²) in [5.74, 6) is 0. The molecule has 0 fully saturated rings. The minimum absolute atomic E-state index is 0.452. The van der Waals surface area contributed by atoms with E-state index in [1.807, 2.05) is 0 Å². The molecule has 0 unspecified atom stereocenters. The maximum absolute atomic E-state index is 2.30. The average molecular weight is 272 g/mol. The van der Waals surface area contributed by atoms with E-state index in [9.17, 15) is 0 Å². The molecule has 100 valence electrons. The molecule has 0 N–H and O–H groups in total. The molecule has 3 heteroatoms. The van der Waals surface area contributed by atoms with Crippen LogP contribution < -0.4 is 5.30 Å². The lowest BCUT2D eigenvalue weighted by Crippen LogP contribution is -2.25. The van der Waals surface area contributed by atoms with Crippen molar-refractivity contribution in [1.82, 2.24) is 9.34 Å². The van der Waals surface area contributed by atoms with E-state index >= 15 is 0 Å².